The second-order valence-electron chi connectivity index (χ2n) is 3.37. The third-order valence-electron chi connectivity index (χ3n) is 1.97. The monoisotopic (exact) mass is 241 g/mol. The number of aliphatic carboxylic acids is 1. The summed E-state index contributed by atoms with van der Waals surface area (Å²) in [5.41, 5.74) is 5.45. The molecule has 0 saturated carbocycles. The van der Waals surface area contributed by atoms with Crippen LogP contribution in [0.5, 0.6) is 0 Å². The van der Waals surface area contributed by atoms with Crippen molar-refractivity contribution in [3.8, 4) is 0 Å². The van der Waals surface area contributed by atoms with Gasteiger partial charge in [-0.2, -0.15) is 4.39 Å². The summed E-state index contributed by atoms with van der Waals surface area (Å²) in [5, 5.41) is 10.7. The molecule has 7 heteroatoms. The number of carboxylic acid groups (broad SMARTS) is 1. The Balaban J connectivity index is 2.51. The summed E-state index contributed by atoms with van der Waals surface area (Å²) in [6.07, 6.45) is -0.193. The molecule has 92 valence electrons. The molecule has 1 unspecified atom stereocenters. The number of hydrogen-bond donors (Lipinski definition) is 3. The highest BCUT2D eigenvalue weighted by atomic mass is 19.1. The summed E-state index contributed by atoms with van der Waals surface area (Å²) in [7, 11) is 0. The lowest BCUT2D eigenvalue weighted by molar-refractivity contribution is -0.137. The van der Waals surface area contributed by atoms with Gasteiger partial charge in [0.2, 0.25) is 11.9 Å². The number of hydrogen-bond acceptors (Lipinski definition) is 4. The van der Waals surface area contributed by atoms with Crippen molar-refractivity contribution in [2.24, 2.45) is 5.73 Å². The first-order valence-corrected chi connectivity index (χ1v) is 4.90. The molecule has 6 nitrogen and oxygen atoms in total. The largest absolute Gasteiger partial charge is 0.481 e. The van der Waals surface area contributed by atoms with E-state index in [1.807, 2.05) is 0 Å². The lowest BCUT2D eigenvalue weighted by Gasteiger charge is -2.10. The molecule has 4 N–H and O–H groups in total. The quantitative estimate of drug-likeness (QED) is 0.645. The number of aromatic nitrogens is 1. The molecule has 1 aromatic rings. The molecule has 0 bridgehead atoms. The third kappa shape index (κ3) is 4.56. The van der Waals surface area contributed by atoms with Crippen LogP contribution in [0.15, 0.2) is 18.2 Å². The third-order valence-corrected chi connectivity index (χ3v) is 1.97. The summed E-state index contributed by atoms with van der Waals surface area (Å²) in [5.74, 6) is -2.30. The number of carbonyl (C=O) groups is 2. The van der Waals surface area contributed by atoms with Crippen LogP contribution in [-0.2, 0) is 9.59 Å². The zero-order chi connectivity index (χ0) is 12.8. The average Bonchev–Trinajstić information content (AvgIpc) is 2.25. The predicted molar refractivity (Wildman–Crippen MR) is 57.7 cm³/mol. The number of nitrogens with two attached hydrogens (primary N) is 1. The molecule has 0 fully saturated rings. The molecule has 0 radical (unpaired) electrons. The van der Waals surface area contributed by atoms with E-state index in [0.29, 0.717) is 0 Å². The molecule has 0 aliphatic rings. The first-order valence-electron chi connectivity index (χ1n) is 4.90. The first-order chi connectivity index (χ1) is 7.99. The second-order valence-corrected chi connectivity index (χ2v) is 3.37. The maximum absolute atomic E-state index is 12.7. The van der Waals surface area contributed by atoms with E-state index in [0.717, 1.165) is 6.07 Å². The van der Waals surface area contributed by atoms with Gasteiger partial charge in [0, 0.05) is 6.42 Å². The lowest BCUT2D eigenvalue weighted by atomic mass is 10.1. The number of rotatable bonds is 5. The van der Waals surface area contributed by atoms with Gasteiger partial charge in [0.1, 0.15) is 5.82 Å². The number of halogens is 1. The fraction of sp³-hybridized carbons (Fsp3) is 0.300. The Morgan fingerprint density at radius 2 is 2.24 bits per heavy atom. The van der Waals surface area contributed by atoms with Crippen molar-refractivity contribution in [1.82, 2.24) is 4.98 Å². The molecule has 17 heavy (non-hydrogen) atoms. The van der Waals surface area contributed by atoms with Crippen LogP contribution < -0.4 is 11.1 Å². The van der Waals surface area contributed by atoms with Crippen molar-refractivity contribution < 1.29 is 19.1 Å². The molecule has 0 spiro atoms. The molecule has 1 atom stereocenters. The topological polar surface area (TPSA) is 105 Å². The minimum Gasteiger partial charge on any atom is -0.481 e. The molecule has 1 amide bonds. The Bertz CT molecular complexity index is 425. The summed E-state index contributed by atoms with van der Waals surface area (Å²) in [4.78, 5) is 25.1. The highest BCUT2D eigenvalue weighted by molar-refractivity contribution is 5.94. The number of pyridine rings is 1. The van der Waals surface area contributed by atoms with E-state index in [1.54, 1.807) is 0 Å². The summed E-state index contributed by atoms with van der Waals surface area (Å²) in [6, 6.07) is 2.97. The van der Waals surface area contributed by atoms with Gasteiger partial charge in [0.15, 0.2) is 0 Å². The van der Waals surface area contributed by atoms with Gasteiger partial charge >= 0.3 is 5.97 Å². The lowest BCUT2D eigenvalue weighted by Crippen LogP contribution is -2.36. The Labute approximate surface area is 96.6 Å². The van der Waals surface area contributed by atoms with Gasteiger partial charge in [-0.05, 0) is 18.6 Å². The number of carboxylic acids is 1. The smallest absolute Gasteiger partial charge is 0.303 e. The number of nitrogens with one attached hydrogen (secondary N) is 1. The molecule has 0 aliphatic heterocycles. The van der Waals surface area contributed by atoms with Gasteiger partial charge in [0.25, 0.3) is 0 Å². The Kier molecular flexibility index (Phi) is 4.53. The average molecular weight is 241 g/mol. The highest BCUT2D eigenvalue weighted by Crippen LogP contribution is 2.05. The van der Waals surface area contributed by atoms with E-state index < -0.39 is 23.9 Å². The van der Waals surface area contributed by atoms with Crippen molar-refractivity contribution in [2.45, 2.75) is 18.9 Å². The van der Waals surface area contributed by atoms with Gasteiger partial charge in [-0.15, -0.1) is 0 Å². The summed E-state index contributed by atoms with van der Waals surface area (Å²) < 4.78 is 12.7. The van der Waals surface area contributed by atoms with Gasteiger partial charge < -0.3 is 16.2 Å². The van der Waals surface area contributed by atoms with Crippen LogP contribution in [0, 0.1) is 5.95 Å². The Morgan fingerprint density at radius 1 is 1.53 bits per heavy atom. The van der Waals surface area contributed by atoms with Crippen LogP contribution in [0.3, 0.4) is 0 Å². The van der Waals surface area contributed by atoms with E-state index >= 15 is 0 Å². The van der Waals surface area contributed by atoms with Gasteiger partial charge in [-0.25, -0.2) is 4.98 Å². The maximum Gasteiger partial charge on any atom is 0.303 e. The van der Waals surface area contributed by atoms with Crippen LogP contribution in [-0.4, -0.2) is 28.0 Å². The fourth-order valence-corrected chi connectivity index (χ4v) is 1.11. The van der Waals surface area contributed by atoms with E-state index in [4.69, 9.17) is 10.8 Å². The molecule has 1 rings (SSSR count). The Morgan fingerprint density at radius 3 is 2.82 bits per heavy atom. The van der Waals surface area contributed by atoms with E-state index in [9.17, 15) is 14.0 Å². The molecule has 1 aromatic heterocycles. The molecular weight excluding hydrogens is 229 g/mol. The van der Waals surface area contributed by atoms with Gasteiger partial charge in [-0.1, -0.05) is 6.07 Å². The van der Waals surface area contributed by atoms with Crippen LogP contribution in [0.1, 0.15) is 12.8 Å². The number of amides is 1. The van der Waals surface area contributed by atoms with E-state index in [2.05, 4.69) is 10.3 Å². The standard InChI is InChI=1S/C10H12FN3O3/c11-7-2-1-3-8(13-7)14-10(17)6(12)4-5-9(15)16/h1-3,6H,4-5,12H2,(H,15,16)(H,13,14,17). The van der Waals surface area contributed by atoms with Crippen LogP contribution in [0.4, 0.5) is 10.2 Å². The summed E-state index contributed by atoms with van der Waals surface area (Å²) in [6.45, 7) is 0. The van der Waals surface area contributed by atoms with E-state index in [1.165, 1.54) is 12.1 Å². The molecular formula is C10H12FN3O3. The van der Waals surface area contributed by atoms with Crippen molar-refractivity contribution in [1.29, 1.82) is 0 Å². The number of anilines is 1. The summed E-state index contributed by atoms with van der Waals surface area (Å²) >= 11 is 0. The fourth-order valence-electron chi connectivity index (χ4n) is 1.11. The molecule has 0 aromatic carbocycles. The number of nitrogens with zero attached hydrogens (tertiary/aromatic N) is 1. The van der Waals surface area contributed by atoms with Crippen LogP contribution in [0.25, 0.3) is 0 Å². The van der Waals surface area contributed by atoms with Crippen molar-refractivity contribution in [2.75, 3.05) is 5.32 Å². The SMILES string of the molecule is NC(CCC(=O)O)C(=O)Nc1cccc(F)n1. The van der Waals surface area contributed by atoms with Gasteiger partial charge in [-0.3, -0.25) is 9.59 Å². The minimum absolute atomic E-state index is 0.0104. The number of carbonyl (C=O) groups excluding carboxylic acids is 1. The molecule has 0 saturated heterocycles. The zero-order valence-corrected chi connectivity index (χ0v) is 8.89. The van der Waals surface area contributed by atoms with Crippen LogP contribution >= 0.6 is 0 Å². The van der Waals surface area contributed by atoms with Crippen LogP contribution in [0.2, 0.25) is 0 Å². The van der Waals surface area contributed by atoms with Crippen molar-refractivity contribution >= 4 is 17.7 Å². The molecule has 1 heterocycles. The minimum atomic E-state index is -1.03. The maximum atomic E-state index is 12.7. The zero-order valence-electron chi connectivity index (χ0n) is 8.89. The van der Waals surface area contributed by atoms with Gasteiger partial charge in [0.05, 0.1) is 6.04 Å². The highest BCUT2D eigenvalue weighted by Gasteiger charge is 2.15. The second kappa shape index (κ2) is 5.90. The van der Waals surface area contributed by atoms with Crippen molar-refractivity contribution in [3.63, 3.8) is 0 Å². The van der Waals surface area contributed by atoms with E-state index in [-0.39, 0.29) is 18.7 Å². The first kappa shape index (κ1) is 13.0. The normalized spacial score (nSPS) is 11.9. The predicted octanol–water partition coefficient (Wildman–Crippen LogP) is 0.351. The van der Waals surface area contributed by atoms with Crippen molar-refractivity contribution in [3.05, 3.63) is 24.1 Å². The molecule has 0 aliphatic carbocycles. The Hall–Kier alpha value is -2.02.